The van der Waals surface area contributed by atoms with E-state index in [1.807, 2.05) is 56.3 Å². The summed E-state index contributed by atoms with van der Waals surface area (Å²) in [7, 11) is 0. The van der Waals surface area contributed by atoms with Gasteiger partial charge in [-0.1, -0.05) is 59.7 Å². The molecule has 0 aliphatic carbocycles. The molecule has 1 heteroatoms. The number of carbonyl (C=O) groups excluding carboxylic acids is 1. The summed E-state index contributed by atoms with van der Waals surface area (Å²) in [6, 6.07) is 16.0. The van der Waals surface area contributed by atoms with Gasteiger partial charge in [0.05, 0.1) is 0 Å². The zero-order valence-electron chi connectivity index (χ0n) is 11.8. The van der Waals surface area contributed by atoms with E-state index in [1.165, 1.54) is 5.56 Å². The van der Waals surface area contributed by atoms with E-state index in [-0.39, 0.29) is 5.92 Å². The van der Waals surface area contributed by atoms with Gasteiger partial charge < -0.3 is 4.79 Å². The summed E-state index contributed by atoms with van der Waals surface area (Å²) < 4.78 is 7.49. The van der Waals surface area contributed by atoms with Gasteiger partial charge in [-0.25, -0.2) is 0 Å². The first-order chi connectivity index (χ1) is 9.06. The molecule has 18 heavy (non-hydrogen) atoms. The van der Waals surface area contributed by atoms with Gasteiger partial charge in [0.2, 0.25) is 0 Å². The summed E-state index contributed by atoms with van der Waals surface area (Å²) in [5, 5.41) is 0. The standard InChI is InChI=1S/C17H18O/c1-13-6-8-16(9-7-13)17(12-18)11-15-5-3-4-14(2)10-15/h3-10,12,17H,11H2,1-2H3/i12T. The van der Waals surface area contributed by atoms with Crippen LogP contribution in [0.5, 0.6) is 0 Å². The van der Waals surface area contributed by atoms with Gasteiger partial charge in [0.15, 0.2) is 0 Å². The molecule has 0 saturated carbocycles. The molecule has 2 rings (SSSR count). The topological polar surface area (TPSA) is 17.1 Å². The van der Waals surface area contributed by atoms with Gasteiger partial charge in [-0.2, -0.15) is 0 Å². The van der Waals surface area contributed by atoms with Crippen molar-refractivity contribution in [1.82, 2.24) is 0 Å². The van der Waals surface area contributed by atoms with Gasteiger partial charge in [0, 0.05) is 5.92 Å². The fourth-order valence-corrected chi connectivity index (χ4v) is 2.10. The third-order valence-corrected chi connectivity index (χ3v) is 3.14. The van der Waals surface area contributed by atoms with Crippen LogP contribution < -0.4 is 0 Å². The summed E-state index contributed by atoms with van der Waals surface area (Å²) in [5.41, 5.74) is 4.37. The predicted molar refractivity (Wildman–Crippen MR) is 74.9 cm³/mol. The molecule has 0 fully saturated rings. The van der Waals surface area contributed by atoms with Gasteiger partial charge in [0.1, 0.15) is 7.63 Å². The van der Waals surface area contributed by atoms with Crippen LogP contribution in [-0.4, -0.2) is 6.26 Å². The minimum atomic E-state index is -0.523. The zero-order chi connectivity index (χ0) is 13.8. The van der Waals surface area contributed by atoms with Gasteiger partial charge in [-0.3, -0.25) is 0 Å². The molecule has 0 radical (unpaired) electrons. The zero-order valence-corrected chi connectivity index (χ0v) is 10.8. The van der Waals surface area contributed by atoms with E-state index >= 15 is 0 Å². The molecular formula is C17H18O. The van der Waals surface area contributed by atoms with Crippen molar-refractivity contribution in [1.29, 1.82) is 0 Å². The predicted octanol–water partition coefficient (Wildman–Crippen LogP) is 3.83. The van der Waals surface area contributed by atoms with Crippen molar-refractivity contribution >= 4 is 6.26 Å². The van der Waals surface area contributed by atoms with Crippen molar-refractivity contribution in [3.05, 3.63) is 70.8 Å². The quantitative estimate of drug-likeness (QED) is 0.742. The van der Waals surface area contributed by atoms with Gasteiger partial charge in [-0.05, 0) is 31.4 Å². The summed E-state index contributed by atoms with van der Waals surface area (Å²) in [6.07, 6.45) is 0.0675. The number of hydrogen-bond donors (Lipinski definition) is 0. The van der Waals surface area contributed by atoms with E-state index in [2.05, 4.69) is 6.07 Å². The van der Waals surface area contributed by atoms with E-state index in [4.69, 9.17) is 1.37 Å². The molecule has 0 aliphatic rings. The molecule has 0 spiro atoms. The van der Waals surface area contributed by atoms with Crippen molar-refractivity contribution in [2.24, 2.45) is 0 Å². The number of benzene rings is 2. The highest BCUT2D eigenvalue weighted by Gasteiger charge is 2.11. The lowest BCUT2D eigenvalue weighted by Gasteiger charge is -2.11. The van der Waals surface area contributed by atoms with E-state index in [9.17, 15) is 4.79 Å². The Morgan fingerprint density at radius 1 is 1.11 bits per heavy atom. The molecule has 0 heterocycles. The largest absolute Gasteiger partial charge is 0.303 e. The van der Waals surface area contributed by atoms with Crippen LogP contribution in [0.3, 0.4) is 0 Å². The number of carbonyl (C=O) groups is 1. The van der Waals surface area contributed by atoms with Crippen LogP contribution in [0.4, 0.5) is 0 Å². The first-order valence-corrected chi connectivity index (χ1v) is 6.19. The minimum Gasteiger partial charge on any atom is -0.303 e. The molecule has 2 aromatic rings. The minimum absolute atomic E-state index is 0.373. The van der Waals surface area contributed by atoms with Gasteiger partial charge in [0.25, 0.3) is 0 Å². The van der Waals surface area contributed by atoms with Crippen LogP contribution in [0, 0.1) is 13.8 Å². The van der Waals surface area contributed by atoms with Crippen LogP contribution in [0.25, 0.3) is 0 Å². The highest BCUT2D eigenvalue weighted by Crippen LogP contribution is 2.20. The lowest BCUT2D eigenvalue weighted by molar-refractivity contribution is -0.109. The SMILES string of the molecule is [3H]C(=O)C(Cc1cccc(C)c1)c1ccc(C)cc1. The van der Waals surface area contributed by atoms with Gasteiger partial charge >= 0.3 is 0 Å². The molecule has 92 valence electrons. The molecule has 0 amide bonds. The summed E-state index contributed by atoms with van der Waals surface area (Å²) in [6.45, 7) is 4.05. The number of aryl methyl sites for hydroxylation is 2. The van der Waals surface area contributed by atoms with Crippen LogP contribution in [0.1, 0.15) is 29.5 Å². The molecule has 0 aromatic heterocycles. The van der Waals surface area contributed by atoms with Gasteiger partial charge in [-0.15, -0.1) is 0 Å². The monoisotopic (exact) mass is 240 g/mol. The Morgan fingerprint density at radius 3 is 2.44 bits per heavy atom. The Hall–Kier alpha value is -1.89. The van der Waals surface area contributed by atoms with E-state index < -0.39 is 6.26 Å². The first-order valence-electron chi connectivity index (χ1n) is 6.69. The maximum absolute atomic E-state index is 11.6. The van der Waals surface area contributed by atoms with Crippen molar-refractivity contribution in [3.8, 4) is 0 Å². The second-order valence-electron chi connectivity index (χ2n) is 4.77. The average molecular weight is 240 g/mol. The fourth-order valence-electron chi connectivity index (χ4n) is 2.10. The summed E-state index contributed by atoms with van der Waals surface area (Å²) in [5.74, 6) is -0.373. The van der Waals surface area contributed by atoms with E-state index in [1.54, 1.807) is 0 Å². The lowest BCUT2D eigenvalue weighted by Crippen LogP contribution is -2.04. The number of aldehydes is 1. The Bertz CT molecular complexity index is 572. The molecule has 1 unspecified atom stereocenters. The normalized spacial score (nSPS) is 12.9. The second kappa shape index (κ2) is 5.63. The van der Waals surface area contributed by atoms with Crippen LogP contribution in [-0.2, 0) is 11.2 Å². The molecule has 0 N–H and O–H groups in total. The number of hydrogen-bond acceptors (Lipinski definition) is 1. The maximum Gasteiger partial charge on any atom is 0.127 e. The van der Waals surface area contributed by atoms with E-state index in [0.717, 1.165) is 16.7 Å². The van der Waals surface area contributed by atoms with E-state index in [0.29, 0.717) is 6.42 Å². The lowest BCUT2D eigenvalue weighted by atomic mass is 9.92. The molecule has 0 bridgehead atoms. The Kier molecular flexibility index (Phi) is 3.51. The average Bonchev–Trinajstić information content (AvgIpc) is 2.37. The van der Waals surface area contributed by atoms with Crippen molar-refractivity contribution < 1.29 is 6.17 Å². The molecule has 0 aliphatic heterocycles. The van der Waals surface area contributed by atoms with Crippen molar-refractivity contribution in [2.75, 3.05) is 0 Å². The number of rotatable bonds is 4. The van der Waals surface area contributed by atoms with Crippen LogP contribution in [0.15, 0.2) is 48.5 Å². The fraction of sp³-hybridized carbons (Fsp3) is 0.235. The third kappa shape index (κ3) is 3.07. The molecule has 1 atom stereocenters. The Labute approximate surface area is 110 Å². The van der Waals surface area contributed by atoms with Crippen molar-refractivity contribution in [3.63, 3.8) is 0 Å². The van der Waals surface area contributed by atoms with Crippen LogP contribution in [0.2, 0.25) is 0 Å². The molecule has 1 nitrogen and oxygen atoms in total. The molecule has 0 saturated heterocycles. The summed E-state index contributed by atoms with van der Waals surface area (Å²) in [4.78, 5) is 11.6. The highest BCUT2D eigenvalue weighted by atomic mass is 16.1. The molecule has 2 aromatic carbocycles. The molecular weight excluding hydrogens is 220 g/mol. The smallest absolute Gasteiger partial charge is 0.127 e. The Balaban J connectivity index is 2.26. The maximum atomic E-state index is 11.6. The van der Waals surface area contributed by atoms with Crippen LogP contribution >= 0.6 is 0 Å². The van der Waals surface area contributed by atoms with Crippen molar-refractivity contribution in [2.45, 2.75) is 26.2 Å². The Morgan fingerprint density at radius 2 is 1.83 bits per heavy atom. The first kappa shape index (κ1) is 11.2. The third-order valence-electron chi connectivity index (χ3n) is 3.14. The highest BCUT2D eigenvalue weighted by molar-refractivity contribution is 5.63. The second-order valence-corrected chi connectivity index (χ2v) is 4.77. The summed E-state index contributed by atoms with van der Waals surface area (Å²) >= 11 is 0.